The van der Waals surface area contributed by atoms with Gasteiger partial charge in [-0.2, -0.15) is 0 Å². The molecule has 1 aromatic heterocycles. The molecule has 1 fully saturated rings. The number of furan rings is 1. The fraction of sp³-hybridized carbons (Fsp3) is 0.615. The minimum Gasteiger partial charge on any atom is -0.469 e. The largest absolute Gasteiger partial charge is 0.469 e. The molecule has 94 valence electrons. The molecule has 1 unspecified atom stereocenters. The maximum Gasteiger partial charge on any atom is 0.170 e. The van der Waals surface area contributed by atoms with Gasteiger partial charge in [-0.1, -0.05) is 0 Å². The molecule has 1 aliphatic rings. The SMILES string of the molecule is CC(C)N1CCOC(C(=O)Cc2ccco2)C1. The Morgan fingerprint density at radius 3 is 3.06 bits per heavy atom. The van der Waals surface area contributed by atoms with Crippen molar-refractivity contribution in [2.75, 3.05) is 19.7 Å². The summed E-state index contributed by atoms with van der Waals surface area (Å²) >= 11 is 0. The van der Waals surface area contributed by atoms with Gasteiger partial charge in [-0.15, -0.1) is 0 Å². The minimum absolute atomic E-state index is 0.102. The Kier molecular flexibility index (Phi) is 3.97. The van der Waals surface area contributed by atoms with E-state index in [0.717, 1.165) is 6.54 Å². The molecule has 0 spiro atoms. The summed E-state index contributed by atoms with van der Waals surface area (Å²) in [6.07, 6.45) is 1.60. The van der Waals surface area contributed by atoms with Crippen LogP contribution in [-0.2, 0) is 16.0 Å². The highest BCUT2D eigenvalue weighted by Gasteiger charge is 2.27. The van der Waals surface area contributed by atoms with Gasteiger partial charge in [0, 0.05) is 19.1 Å². The number of nitrogens with zero attached hydrogens (tertiary/aromatic N) is 1. The number of hydrogen-bond acceptors (Lipinski definition) is 4. The molecule has 2 heterocycles. The molecule has 1 saturated heterocycles. The molecule has 1 atom stereocenters. The zero-order chi connectivity index (χ0) is 12.3. The zero-order valence-electron chi connectivity index (χ0n) is 10.4. The van der Waals surface area contributed by atoms with Crippen molar-refractivity contribution in [3.63, 3.8) is 0 Å². The first-order valence-corrected chi connectivity index (χ1v) is 6.07. The highest BCUT2D eigenvalue weighted by Crippen LogP contribution is 2.12. The van der Waals surface area contributed by atoms with Gasteiger partial charge >= 0.3 is 0 Å². The second kappa shape index (κ2) is 5.47. The van der Waals surface area contributed by atoms with E-state index in [4.69, 9.17) is 9.15 Å². The summed E-state index contributed by atoms with van der Waals surface area (Å²) in [6, 6.07) is 4.07. The topological polar surface area (TPSA) is 42.7 Å². The Balaban J connectivity index is 1.91. The second-order valence-electron chi connectivity index (χ2n) is 4.67. The number of carbonyl (C=O) groups is 1. The van der Waals surface area contributed by atoms with Crippen molar-refractivity contribution in [2.45, 2.75) is 32.4 Å². The van der Waals surface area contributed by atoms with Gasteiger partial charge in [0.2, 0.25) is 0 Å². The summed E-state index contributed by atoms with van der Waals surface area (Å²) in [5.41, 5.74) is 0. The maximum atomic E-state index is 12.0. The first-order chi connectivity index (χ1) is 8.16. The average Bonchev–Trinajstić information content (AvgIpc) is 2.82. The Hall–Kier alpha value is -1.13. The third-order valence-electron chi connectivity index (χ3n) is 3.12. The first kappa shape index (κ1) is 12.3. The van der Waals surface area contributed by atoms with E-state index in [1.165, 1.54) is 0 Å². The van der Waals surface area contributed by atoms with Gasteiger partial charge < -0.3 is 9.15 Å². The van der Waals surface area contributed by atoms with Crippen LogP contribution >= 0.6 is 0 Å². The van der Waals surface area contributed by atoms with Gasteiger partial charge in [-0.3, -0.25) is 9.69 Å². The third kappa shape index (κ3) is 3.17. The standard InChI is InChI=1S/C13H19NO3/c1-10(2)14-5-7-17-13(9-14)12(15)8-11-4-3-6-16-11/h3-4,6,10,13H,5,7-9H2,1-2H3. The van der Waals surface area contributed by atoms with E-state index in [9.17, 15) is 4.79 Å². The number of hydrogen-bond donors (Lipinski definition) is 0. The highest BCUT2D eigenvalue weighted by atomic mass is 16.5. The lowest BCUT2D eigenvalue weighted by atomic mass is 10.1. The summed E-state index contributed by atoms with van der Waals surface area (Å²) < 4.78 is 10.7. The number of rotatable bonds is 4. The molecule has 0 aliphatic carbocycles. The Labute approximate surface area is 102 Å². The van der Waals surface area contributed by atoms with Gasteiger partial charge in [-0.25, -0.2) is 0 Å². The van der Waals surface area contributed by atoms with Crippen molar-refractivity contribution in [1.82, 2.24) is 4.90 Å². The predicted octanol–water partition coefficient (Wildman–Crippen LogP) is 1.50. The van der Waals surface area contributed by atoms with Gasteiger partial charge in [0.25, 0.3) is 0 Å². The van der Waals surface area contributed by atoms with E-state index >= 15 is 0 Å². The van der Waals surface area contributed by atoms with Crippen LogP contribution in [0.4, 0.5) is 0 Å². The fourth-order valence-corrected chi connectivity index (χ4v) is 2.03. The summed E-state index contributed by atoms with van der Waals surface area (Å²) in [4.78, 5) is 14.3. The molecule has 4 heteroatoms. The van der Waals surface area contributed by atoms with Crippen molar-refractivity contribution >= 4 is 5.78 Å². The molecule has 1 aromatic rings. The van der Waals surface area contributed by atoms with E-state index < -0.39 is 0 Å². The van der Waals surface area contributed by atoms with Gasteiger partial charge in [-0.05, 0) is 26.0 Å². The van der Waals surface area contributed by atoms with Crippen LogP contribution in [0.1, 0.15) is 19.6 Å². The average molecular weight is 237 g/mol. The van der Waals surface area contributed by atoms with E-state index in [-0.39, 0.29) is 11.9 Å². The number of Topliss-reactive ketones (excluding diaryl/α,β-unsaturated/α-hetero) is 1. The lowest BCUT2D eigenvalue weighted by Crippen LogP contribution is -2.49. The van der Waals surface area contributed by atoms with Crippen molar-refractivity contribution in [1.29, 1.82) is 0 Å². The Bertz CT molecular complexity index is 359. The fourth-order valence-electron chi connectivity index (χ4n) is 2.03. The lowest BCUT2D eigenvalue weighted by Gasteiger charge is -2.34. The smallest absolute Gasteiger partial charge is 0.170 e. The maximum absolute atomic E-state index is 12.0. The molecule has 0 radical (unpaired) electrons. The number of morpholine rings is 1. The molecule has 1 aliphatic heterocycles. The zero-order valence-corrected chi connectivity index (χ0v) is 10.4. The number of carbonyl (C=O) groups excluding carboxylic acids is 1. The van der Waals surface area contributed by atoms with Crippen LogP contribution in [0.2, 0.25) is 0 Å². The summed E-state index contributed by atoms with van der Waals surface area (Å²) in [7, 11) is 0. The third-order valence-corrected chi connectivity index (χ3v) is 3.12. The predicted molar refractivity (Wildman–Crippen MR) is 63.9 cm³/mol. The molecule has 0 amide bonds. The quantitative estimate of drug-likeness (QED) is 0.796. The summed E-state index contributed by atoms with van der Waals surface area (Å²) in [5.74, 6) is 0.811. The van der Waals surface area contributed by atoms with Crippen molar-refractivity contribution < 1.29 is 13.9 Å². The highest BCUT2D eigenvalue weighted by molar-refractivity contribution is 5.85. The van der Waals surface area contributed by atoms with Gasteiger partial charge in [0.05, 0.1) is 19.3 Å². The van der Waals surface area contributed by atoms with E-state index in [2.05, 4.69) is 18.7 Å². The van der Waals surface area contributed by atoms with Crippen molar-refractivity contribution in [3.8, 4) is 0 Å². The first-order valence-electron chi connectivity index (χ1n) is 6.07. The van der Waals surface area contributed by atoms with Crippen LogP contribution in [0.3, 0.4) is 0 Å². The minimum atomic E-state index is -0.309. The summed E-state index contributed by atoms with van der Waals surface area (Å²) in [5, 5.41) is 0. The van der Waals surface area contributed by atoms with Crippen LogP contribution in [0, 0.1) is 0 Å². The molecule has 4 nitrogen and oxygen atoms in total. The molecule has 0 N–H and O–H groups in total. The van der Waals surface area contributed by atoms with Crippen molar-refractivity contribution in [3.05, 3.63) is 24.2 Å². The van der Waals surface area contributed by atoms with Gasteiger partial charge in [0.1, 0.15) is 11.9 Å². The molecular weight excluding hydrogens is 218 g/mol. The van der Waals surface area contributed by atoms with Crippen LogP contribution in [-0.4, -0.2) is 42.5 Å². The molecule has 0 bridgehead atoms. The monoisotopic (exact) mass is 237 g/mol. The van der Waals surface area contributed by atoms with Crippen LogP contribution in [0.5, 0.6) is 0 Å². The second-order valence-corrected chi connectivity index (χ2v) is 4.67. The molecule has 0 aromatic carbocycles. The molecule has 17 heavy (non-hydrogen) atoms. The number of ketones is 1. The normalized spacial score (nSPS) is 21.9. The Morgan fingerprint density at radius 1 is 1.59 bits per heavy atom. The van der Waals surface area contributed by atoms with E-state index in [0.29, 0.717) is 31.4 Å². The van der Waals surface area contributed by atoms with Crippen LogP contribution in [0.25, 0.3) is 0 Å². The lowest BCUT2D eigenvalue weighted by molar-refractivity contribution is -0.136. The van der Waals surface area contributed by atoms with Crippen molar-refractivity contribution in [2.24, 2.45) is 0 Å². The van der Waals surface area contributed by atoms with Gasteiger partial charge in [0.15, 0.2) is 5.78 Å². The molecule has 0 saturated carbocycles. The van der Waals surface area contributed by atoms with E-state index in [1.807, 2.05) is 6.07 Å². The molecular formula is C13H19NO3. The van der Waals surface area contributed by atoms with Crippen LogP contribution < -0.4 is 0 Å². The molecule has 2 rings (SSSR count). The van der Waals surface area contributed by atoms with E-state index in [1.54, 1.807) is 12.3 Å². The summed E-state index contributed by atoms with van der Waals surface area (Å²) in [6.45, 7) is 6.50. The Morgan fingerprint density at radius 2 is 2.41 bits per heavy atom. The van der Waals surface area contributed by atoms with Crippen LogP contribution in [0.15, 0.2) is 22.8 Å². The number of ether oxygens (including phenoxy) is 1.